The minimum absolute atomic E-state index is 0.0825. The maximum atomic E-state index is 13.5. The quantitative estimate of drug-likeness (QED) is 0.809. The van der Waals surface area contributed by atoms with Gasteiger partial charge in [0.15, 0.2) is 5.78 Å². The molecule has 3 nitrogen and oxygen atoms in total. The third kappa shape index (κ3) is 2.73. The second-order valence-electron chi connectivity index (χ2n) is 4.19. The predicted molar refractivity (Wildman–Crippen MR) is 70.1 cm³/mol. The molecule has 0 amide bonds. The molecular formula is C13H11BrF2N2O. The average molecular weight is 329 g/mol. The maximum absolute atomic E-state index is 13.5. The lowest BCUT2D eigenvalue weighted by Crippen LogP contribution is -2.14. The van der Waals surface area contributed by atoms with Crippen molar-refractivity contribution in [2.45, 2.75) is 20.4 Å². The summed E-state index contributed by atoms with van der Waals surface area (Å²) in [5.41, 5.74) is 1.41. The second-order valence-corrected chi connectivity index (χ2v) is 4.98. The summed E-state index contributed by atoms with van der Waals surface area (Å²) in [5, 5.41) is 4.17. The molecule has 1 aromatic heterocycles. The molecule has 0 fully saturated rings. The van der Waals surface area contributed by atoms with Gasteiger partial charge in [-0.05, 0) is 41.9 Å². The minimum atomic E-state index is -0.856. The number of aromatic nitrogens is 2. The fourth-order valence-electron chi connectivity index (χ4n) is 1.77. The molecule has 0 aliphatic rings. The van der Waals surface area contributed by atoms with Gasteiger partial charge in [0.2, 0.25) is 0 Å². The van der Waals surface area contributed by atoms with Crippen LogP contribution in [-0.4, -0.2) is 15.6 Å². The van der Waals surface area contributed by atoms with Crippen molar-refractivity contribution < 1.29 is 13.6 Å². The standard InChI is InChI=1S/C13H11BrF2N2O/c1-7-13(14)8(2)18(17-7)6-12(19)10-4-3-9(15)5-11(10)16/h3-5H,6H2,1-2H3. The van der Waals surface area contributed by atoms with Crippen LogP contribution in [0.5, 0.6) is 0 Å². The molecular weight excluding hydrogens is 318 g/mol. The van der Waals surface area contributed by atoms with Crippen molar-refractivity contribution >= 4 is 21.7 Å². The topological polar surface area (TPSA) is 34.9 Å². The fraction of sp³-hybridized carbons (Fsp3) is 0.231. The van der Waals surface area contributed by atoms with Crippen LogP contribution in [0.4, 0.5) is 8.78 Å². The van der Waals surface area contributed by atoms with Gasteiger partial charge in [-0.15, -0.1) is 0 Å². The Morgan fingerprint density at radius 3 is 2.58 bits per heavy atom. The van der Waals surface area contributed by atoms with Gasteiger partial charge < -0.3 is 0 Å². The summed E-state index contributed by atoms with van der Waals surface area (Å²) in [6.07, 6.45) is 0. The maximum Gasteiger partial charge on any atom is 0.187 e. The number of hydrogen-bond donors (Lipinski definition) is 0. The van der Waals surface area contributed by atoms with E-state index in [-0.39, 0.29) is 12.1 Å². The molecule has 0 bridgehead atoms. The second kappa shape index (κ2) is 5.21. The van der Waals surface area contributed by atoms with Gasteiger partial charge >= 0.3 is 0 Å². The first kappa shape index (κ1) is 13.9. The van der Waals surface area contributed by atoms with E-state index in [1.54, 1.807) is 13.8 Å². The van der Waals surface area contributed by atoms with Crippen LogP contribution in [0.2, 0.25) is 0 Å². The number of ketones is 1. The summed E-state index contributed by atoms with van der Waals surface area (Å²) >= 11 is 3.35. The molecule has 0 saturated heterocycles. The molecule has 100 valence electrons. The van der Waals surface area contributed by atoms with E-state index in [9.17, 15) is 13.6 Å². The van der Waals surface area contributed by atoms with Crippen molar-refractivity contribution in [2.24, 2.45) is 0 Å². The van der Waals surface area contributed by atoms with Crippen molar-refractivity contribution in [1.29, 1.82) is 0 Å². The number of rotatable bonds is 3. The lowest BCUT2D eigenvalue weighted by molar-refractivity contribution is 0.0962. The molecule has 0 aliphatic heterocycles. The van der Waals surface area contributed by atoms with Gasteiger partial charge in [-0.3, -0.25) is 9.48 Å². The third-order valence-electron chi connectivity index (χ3n) is 2.82. The Morgan fingerprint density at radius 2 is 2.05 bits per heavy atom. The number of benzene rings is 1. The van der Waals surface area contributed by atoms with Crippen molar-refractivity contribution in [3.05, 3.63) is 51.3 Å². The molecule has 1 heterocycles. The van der Waals surface area contributed by atoms with Crippen molar-refractivity contribution in [3.8, 4) is 0 Å². The lowest BCUT2D eigenvalue weighted by atomic mass is 10.1. The van der Waals surface area contributed by atoms with Crippen LogP contribution in [0, 0.1) is 25.5 Å². The number of hydrogen-bond acceptors (Lipinski definition) is 2. The molecule has 0 saturated carbocycles. The highest BCUT2D eigenvalue weighted by molar-refractivity contribution is 9.10. The lowest BCUT2D eigenvalue weighted by Gasteiger charge is -2.05. The third-order valence-corrected chi connectivity index (χ3v) is 3.97. The largest absolute Gasteiger partial charge is 0.292 e. The van der Waals surface area contributed by atoms with E-state index < -0.39 is 17.4 Å². The zero-order valence-electron chi connectivity index (χ0n) is 10.4. The van der Waals surface area contributed by atoms with E-state index in [4.69, 9.17) is 0 Å². The Labute approximate surface area is 117 Å². The van der Waals surface area contributed by atoms with E-state index in [0.717, 1.165) is 28.0 Å². The van der Waals surface area contributed by atoms with Gasteiger partial charge in [-0.1, -0.05) is 0 Å². The Hall–Kier alpha value is -1.56. The van der Waals surface area contributed by atoms with Crippen LogP contribution in [0.3, 0.4) is 0 Å². The molecule has 0 radical (unpaired) electrons. The first-order chi connectivity index (χ1) is 8.90. The van der Waals surface area contributed by atoms with Gasteiger partial charge in [0.25, 0.3) is 0 Å². The van der Waals surface area contributed by atoms with Crippen molar-refractivity contribution in [2.75, 3.05) is 0 Å². The fourth-order valence-corrected chi connectivity index (χ4v) is 2.05. The molecule has 2 aromatic rings. The Balaban J connectivity index is 2.28. The molecule has 6 heteroatoms. The number of Topliss-reactive ketones (excluding diaryl/α,β-unsaturated/α-hetero) is 1. The molecule has 0 spiro atoms. The molecule has 1 aromatic carbocycles. The van der Waals surface area contributed by atoms with Gasteiger partial charge in [-0.2, -0.15) is 5.10 Å². The monoisotopic (exact) mass is 328 g/mol. The summed E-state index contributed by atoms with van der Waals surface area (Å²) in [4.78, 5) is 12.0. The van der Waals surface area contributed by atoms with Gasteiger partial charge in [0, 0.05) is 6.07 Å². The van der Waals surface area contributed by atoms with E-state index in [0.29, 0.717) is 6.07 Å². The Kier molecular flexibility index (Phi) is 3.80. The van der Waals surface area contributed by atoms with E-state index >= 15 is 0 Å². The average Bonchev–Trinajstić information content (AvgIpc) is 2.57. The highest BCUT2D eigenvalue weighted by Crippen LogP contribution is 2.20. The van der Waals surface area contributed by atoms with Gasteiger partial charge in [0.05, 0.1) is 21.4 Å². The smallest absolute Gasteiger partial charge is 0.187 e. The van der Waals surface area contributed by atoms with E-state index in [1.807, 2.05) is 0 Å². The van der Waals surface area contributed by atoms with Crippen LogP contribution >= 0.6 is 15.9 Å². The summed E-state index contributed by atoms with van der Waals surface area (Å²) in [6.45, 7) is 3.52. The number of aryl methyl sites for hydroxylation is 1. The highest BCUT2D eigenvalue weighted by atomic mass is 79.9. The predicted octanol–water partition coefficient (Wildman–Crippen LogP) is 3.42. The summed E-state index contributed by atoms with van der Waals surface area (Å²) in [5.74, 6) is -2.01. The number of nitrogens with zero attached hydrogens (tertiary/aromatic N) is 2. The van der Waals surface area contributed by atoms with Crippen molar-refractivity contribution in [1.82, 2.24) is 9.78 Å². The van der Waals surface area contributed by atoms with Gasteiger partial charge in [0.1, 0.15) is 18.2 Å². The molecule has 0 atom stereocenters. The first-order valence-corrected chi connectivity index (χ1v) is 6.37. The van der Waals surface area contributed by atoms with Crippen LogP contribution < -0.4 is 0 Å². The Bertz CT molecular complexity index is 652. The number of halogens is 3. The van der Waals surface area contributed by atoms with Crippen LogP contribution in [0.25, 0.3) is 0 Å². The van der Waals surface area contributed by atoms with E-state index in [2.05, 4.69) is 21.0 Å². The number of carbonyl (C=O) groups is 1. The molecule has 0 unspecified atom stereocenters. The minimum Gasteiger partial charge on any atom is -0.292 e. The highest BCUT2D eigenvalue weighted by Gasteiger charge is 2.16. The normalized spacial score (nSPS) is 10.8. The van der Waals surface area contributed by atoms with Crippen molar-refractivity contribution in [3.63, 3.8) is 0 Å². The zero-order chi connectivity index (χ0) is 14.2. The molecule has 0 N–H and O–H groups in total. The van der Waals surface area contributed by atoms with Crippen LogP contribution in [0.1, 0.15) is 21.7 Å². The summed E-state index contributed by atoms with van der Waals surface area (Å²) in [7, 11) is 0. The molecule has 2 rings (SSSR count). The first-order valence-electron chi connectivity index (χ1n) is 5.58. The van der Waals surface area contributed by atoms with Crippen LogP contribution in [0.15, 0.2) is 22.7 Å². The molecule has 19 heavy (non-hydrogen) atoms. The summed E-state index contributed by atoms with van der Waals surface area (Å²) < 4.78 is 28.6. The SMILES string of the molecule is Cc1nn(CC(=O)c2ccc(F)cc2F)c(C)c1Br. The zero-order valence-corrected chi connectivity index (χ0v) is 12.0. The van der Waals surface area contributed by atoms with Gasteiger partial charge in [-0.25, -0.2) is 8.78 Å². The summed E-state index contributed by atoms with van der Waals surface area (Å²) in [6, 6.07) is 2.91. The Morgan fingerprint density at radius 1 is 1.37 bits per heavy atom. The molecule has 0 aliphatic carbocycles. The number of carbonyl (C=O) groups excluding carboxylic acids is 1. The van der Waals surface area contributed by atoms with E-state index in [1.165, 1.54) is 4.68 Å². The van der Waals surface area contributed by atoms with Crippen LogP contribution in [-0.2, 0) is 6.54 Å².